The van der Waals surface area contributed by atoms with Gasteiger partial charge in [-0.1, -0.05) is 60.7 Å². The highest BCUT2D eigenvalue weighted by molar-refractivity contribution is 7.89. The minimum absolute atomic E-state index is 0.323. The lowest BCUT2D eigenvalue weighted by molar-refractivity contribution is 0.577. The summed E-state index contributed by atoms with van der Waals surface area (Å²) in [6.07, 6.45) is 2.75. The van der Waals surface area contributed by atoms with Gasteiger partial charge in [0.1, 0.15) is 0 Å². The molecule has 4 heteroatoms. The van der Waals surface area contributed by atoms with Crippen LogP contribution in [0.2, 0.25) is 0 Å². The van der Waals surface area contributed by atoms with E-state index >= 15 is 0 Å². The van der Waals surface area contributed by atoms with Crippen LogP contribution in [-0.4, -0.2) is 15.0 Å². The summed E-state index contributed by atoms with van der Waals surface area (Å²) in [5, 5.41) is 1.98. The summed E-state index contributed by atoms with van der Waals surface area (Å²) >= 11 is 0. The summed E-state index contributed by atoms with van der Waals surface area (Å²) in [6.45, 7) is 0.460. The molecule has 0 aromatic heterocycles. The van der Waals surface area contributed by atoms with Crippen molar-refractivity contribution in [2.24, 2.45) is 0 Å². The Labute approximate surface area is 143 Å². The fraction of sp³-hybridized carbons (Fsp3) is 0.200. The number of nitrogens with one attached hydrogen (secondary N) is 1. The van der Waals surface area contributed by atoms with Gasteiger partial charge in [-0.3, -0.25) is 0 Å². The summed E-state index contributed by atoms with van der Waals surface area (Å²) in [5.41, 5.74) is 1.29. The van der Waals surface area contributed by atoms with E-state index in [2.05, 4.69) is 16.9 Å². The lowest BCUT2D eigenvalue weighted by Crippen LogP contribution is -2.24. The van der Waals surface area contributed by atoms with Crippen molar-refractivity contribution in [3.63, 3.8) is 0 Å². The highest BCUT2D eigenvalue weighted by atomic mass is 32.2. The first-order valence-electron chi connectivity index (χ1n) is 8.17. The van der Waals surface area contributed by atoms with E-state index in [4.69, 9.17) is 0 Å². The van der Waals surface area contributed by atoms with Crippen molar-refractivity contribution < 1.29 is 8.42 Å². The van der Waals surface area contributed by atoms with Gasteiger partial charge in [-0.25, -0.2) is 13.1 Å². The molecule has 0 bridgehead atoms. The Morgan fingerprint density at radius 1 is 0.750 bits per heavy atom. The molecule has 3 aromatic carbocycles. The van der Waals surface area contributed by atoms with Crippen LogP contribution in [0.15, 0.2) is 77.7 Å². The van der Waals surface area contributed by atoms with Crippen LogP contribution >= 0.6 is 0 Å². The molecule has 0 saturated heterocycles. The minimum Gasteiger partial charge on any atom is -0.211 e. The molecule has 0 fully saturated rings. The smallest absolute Gasteiger partial charge is 0.211 e. The first-order valence-corrected chi connectivity index (χ1v) is 9.66. The lowest BCUT2D eigenvalue weighted by Gasteiger charge is -2.08. The second-order valence-corrected chi connectivity index (χ2v) is 7.62. The fourth-order valence-corrected chi connectivity index (χ4v) is 3.83. The molecule has 0 aliphatic rings. The van der Waals surface area contributed by atoms with Crippen molar-refractivity contribution >= 4 is 20.8 Å². The zero-order chi connectivity index (χ0) is 16.8. The predicted octanol–water partition coefficient (Wildman–Crippen LogP) is 4.14. The van der Waals surface area contributed by atoms with Gasteiger partial charge in [0.2, 0.25) is 10.0 Å². The number of rotatable bonds is 7. The maximum atomic E-state index is 12.4. The molecule has 0 atom stereocenters. The summed E-state index contributed by atoms with van der Waals surface area (Å²) in [4.78, 5) is 0.323. The third-order valence-electron chi connectivity index (χ3n) is 4.06. The second-order valence-electron chi connectivity index (χ2n) is 5.85. The van der Waals surface area contributed by atoms with Crippen molar-refractivity contribution in [3.05, 3.63) is 78.4 Å². The van der Waals surface area contributed by atoms with Crippen LogP contribution in [0.3, 0.4) is 0 Å². The number of hydrogen-bond donors (Lipinski definition) is 1. The lowest BCUT2D eigenvalue weighted by atomic mass is 10.1. The third kappa shape index (κ3) is 4.22. The fourth-order valence-electron chi connectivity index (χ4n) is 2.72. The molecule has 0 heterocycles. The Hall–Kier alpha value is -2.17. The first-order chi connectivity index (χ1) is 11.6. The van der Waals surface area contributed by atoms with Crippen LogP contribution in [0, 0.1) is 0 Å². The first kappa shape index (κ1) is 16.7. The highest BCUT2D eigenvalue weighted by Crippen LogP contribution is 2.18. The van der Waals surface area contributed by atoms with Crippen LogP contribution < -0.4 is 4.72 Å². The Kier molecular flexibility index (Phi) is 5.28. The molecule has 3 aromatic rings. The molecule has 0 unspecified atom stereocenters. The van der Waals surface area contributed by atoms with Gasteiger partial charge >= 0.3 is 0 Å². The Morgan fingerprint density at radius 3 is 2.25 bits per heavy atom. The summed E-state index contributed by atoms with van der Waals surface area (Å²) in [5.74, 6) is 0. The van der Waals surface area contributed by atoms with Crippen LogP contribution in [-0.2, 0) is 16.4 Å². The second kappa shape index (κ2) is 7.60. The largest absolute Gasteiger partial charge is 0.240 e. The Morgan fingerprint density at radius 2 is 1.46 bits per heavy atom. The monoisotopic (exact) mass is 339 g/mol. The molecule has 1 N–H and O–H groups in total. The molecule has 0 spiro atoms. The molecule has 0 amide bonds. The van der Waals surface area contributed by atoms with E-state index < -0.39 is 10.0 Å². The molecule has 3 nitrogen and oxygen atoms in total. The van der Waals surface area contributed by atoms with E-state index in [1.165, 1.54) is 5.56 Å². The van der Waals surface area contributed by atoms with Gasteiger partial charge in [-0.15, -0.1) is 0 Å². The zero-order valence-corrected chi connectivity index (χ0v) is 14.3. The molecular formula is C20H21NO2S. The molecule has 0 radical (unpaired) electrons. The molecule has 24 heavy (non-hydrogen) atoms. The number of unbranched alkanes of at least 4 members (excludes halogenated alkanes) is 1. The van der Waals surface area contributed by atoms with E-state index in [-0.39, 0.29) is 0 Å². The van der Waals surface area contributed by atoms with Crippen LogP contribution in [0.1, 0.15) is 18.4 Å². The topological polar surface area (TPSA) is 46.2 Å². The number of sulfonamides is 1. The summed E-state index contributed by atoms with van der Waals surface area (Å²) in [6, 6.07) is 23.2. The average Bonchev–Trinajstić information content (AvgIpc) is 2.62. The third-order valence-corrected chi connectivity index (χ3v) is 5.52. The molecule has 0 saturated carbocycles. The van der Waals surface area contributed by atoms with Gasteiger partial charge in [0.25, 0.3) is 0 Å². The normalized spacial score (nSPS) is 11.7. The van der Waals surface area contributed by atoms with Gasteiger partial charge in [0, 0.05) is 6.54 Å². The summed E-state index contributed by atoms with van der Waals surface area (Å²) in [7, 11) is -3.45. The van der Waals surface area contributed by atoms with Gasteiger partial charge in [-0.05, 0) is 47.7 Å². The molecule has 124 valence electrons. The highest BCUT2D eigenvalue weighted by Gasteiger charge is 2.13. The van der Waals surface area contributed by atoms with E-state index in [0.717, 1.165) is 30.0 Å². The SMILES string of the molecule is O=S(=O)(NCCCCc1ccccc1)c1ccc2ccccc2c1. The van der Waals surface area contributed by atoms with Crippen molar-refractivity contribution in [2.45, 2.75) is 24.2 Å². The Balaban J connectivity index is 1.55. The standard InChI is InChI=1S/C20H21NO2S/c22-24(23,20-14-13-18-11-4-5-12-19(18)16-20)21-15-7-6-10-17-8-2-1-3-9-17/h1-5,8-9,11-14,16,21H,6-7,10,15H2. The van der Waals surface area contributed by atoms with Crippen molar-refractivity contribution in [2.75, 3.05) is 6.54 Å². The quantitative estimate of drug-likeness (QED) is 0.658. The number of fused-ring (bicyclic) bond motifs is 1. The van der Waals surface area contributed by atoms with Crippen molar-refractivity contribution in [3.8, 4) is 0 Å². The number of benzene rings is 3. The molecule has 3 rings (SSSR count). The van der Waals surface area contributed by atoms with Gasteiger partial charge in [0.15, 0.2) is 0 Å². The predicted molar refractivity (Wildman–Crippen MR) is 98.5 cm³/mol. The maximum Gasteiger partial charge on any atom is 0.240 e. The number of hydrogen-bond acceptors (Lipinski definition) is 2. The maximum absolute atomic E-state index is 12.4. The zero-order valence-electron chi connectivity index (χ0n) is 13.5. The van der Waals surface area contributed by atoms with Gasteiger partial charge in [0.05, 0.1) is 4.90 Å². The van der Waals surface area contributed by atoms with Gasteiger partial charge < -0.3 is 0 Å². The number of aryl methyl sites for hydroxylation is 1. The average molecular weight is 339 g/mol. The van der Waals surface area contributed by atoms with Crippen LogP contribution in [0.4, 0.5) is 0 Å². The van der Waals surface area contributed by atoms with E-state index in [1.807, 2.05) is 48.5 Å². The van der Waals surface area contributed by atoms with E-state index in [0.29, 0.717) is 11.4 Å². The molecular weight excluding hydrogens is 318 g/mol. The summed E-state index contributed by atoms with van der Waals surface area (Å²) < 4.78 is 27.5. The Bertz CT molecular complexity index is 905. The van der Waals surface area contributed by atoms with Crippen LogP contribution in [0.25, 0.3) is 10.8 Å². The molecule has 0 aliphatic heterocycles. The van der Waals surface area contributed by atoms with E-state index in [1.54, 1.807) is 12.1 Å². The van der Waals surface area contributed by atoms with Crippen LogP contribution in [0.5, 0.6) is 0 Å². The van der Waals surface area contributed by atoms with Crippen molar-refractivity contribution in [1.29, 1.82) is 0 Å². The van der Waals surface area contributed by atoms with Crippen molar-refractivity contribution in [1.82, 2.24) is 4.72 Å². The van der Waals surface area contributed by atoms with Gasteiger partial charge in [-0.2, -0.15) is 0 Å². The molecule has 0 aliphatic carbocycles. The minimum atomic E-state index is -3.45. The van der Waals surface area contributed by atoms with E-state index in [9.17, 15) is 8.42 Å².